The second-order valence-electron chi connectivity index (χ2n) is 9.70. The second kappa shape index (κ2) is 10.1. The zero-order valence-electron chi connectivity index (χ0n) is 20.4. The Balaban J connectivity index is 1.62. The normalized spacial score (nSPS) is 18.8. The predicted molar refractivity (Wildman–Crippen MR) is 139 cm³/mol. The predicted octanol–water partition coefficient (Wildman–Crippen LogP) is 2.01. The molecule has 2 aliphatic rings. The molecule has 1 fully saturated rings. The van der Waals surface area contributed by atoms with Crippen LogP contribution in [0.15, 0.2) is 47.6 Å². The van der Waals surface area contributed by atoms with Crippen molar-refractivity contribution in [1.82, 2.24) is 15.1 Å². The minimum absolute atomic E-state index is 0.0201. The largest absolute Gasteiger partial charge is 0.481 e. The third-order valence-electron chi connectivity index (χ3n) is 6.91. The van der Waals surface area contributed by atoms with Crippen LogP contribution in [-0.4, -0.2) is 57.9 Å². The van der Waals surface area contributed by atoms with Gasteiger partial charge in [0.05, 0.1) is 36.9 Å². The molecule has 0 radical (unpaired) electrons. The number of alkyl halides is 1. The summed E-state index contributed by atoms with van der Waals surface area (Å²) in [5.74, 6) is -2.69. The maximum absolute atomic E-state index is 13.5. The summed E-state index contributed by atoms with van der Waals surface area (Å²) in [6.45, 7) is 0.0536. The van der Waals surface area contributed by atoms with Crippen molar-refractivity contribution in [1.29, 1.82) is 0 Å². The first-order valence-corrected chi connectivity index (χ1v) is 12.3. The summed E-state index contributed by atoms with van der Waals surface area (Å²) < 4.78 is 14.9. The molecule has 0 bridgehead atoms. The van der Waals surface area contributed by atoms with Gasteiger partial charge in [0.1, 0.15) is 12.2 Å². The van der Waals surface area contributed by atoms with Gasteiger partial charge >= 0.3 is 5.97 Å². The van der Waals surface area contributed by atoms with Gasteiger partial charge in [0.2, 0.25) is 11.8 Å². The van der Waals surface area contributed by atoms with Gasteiger partial charge in [-0.3, -0.25) is 19.1 Å². The van der Waals surface area contributed by atoms with Crippen molar-refractivity contribution >= 4 is 40.3 Å². The molecule has 12 heteroatoms. The minimum Gasteiger partial charge on any atom is -0.481 e. The number of nitrogens with two attached hydrogens (primary N) is 2. The molecule has 7 N–H and O–H groups in total. The minimum atomic E-state index is -1.17. The summed E-state index contributed by atoms with van der Waals surface area (Å²) in [7, 11) is 0. The summed E-state index contributed by atoms with van der Waals surface area (Å²) in [5.41, 5.74) is 14.1. The monoisotopic (exact) mass is 521 g/mol. The van der Waals surface area contributed by atoms with Gasteiger partial charge in [0.25, 0.3) is 0 Å². The number of amides is 2. The SMILES string of the molecule is NC(=O)c1cc(NC2=NCC(F)CN2)c2cnn(C(C(N)=O)[C@@H](CC(=O)O)c3cccc(C4CC4)c3)c2c1. The number of anilines is 1. The molecule has 1 saturated carbocycles. The van der Waals surface area contributed by atoms with E-state index in [0.29, 0.717) is 34.0 Å². The first-order valence-electron chi connectivity index (χ1n) is 12.3. The fraction of sp³-hybridized carbons (Fsp3) is 0.346. The summed E-state index contributed by atoms with van der Waals surface area (Å²) in [5, 5.41) is 20.5. The van der Waals surface area contributed by atoms with Crippen molar-refractivity contribution in [3.63, 3.8) is 0 Å². The summed E-state index contributed by atoms with van der Waals surface area (Å²) in [6.07, 6.45) is 2.13. The van der Waals surface area contributed by atoms with E-state index in [-0.39, 0.29) is 25.1 Å². The van der Waals surface area contributed by atoms with E-state index in [9.17, 15) is 23.9 Å². The fourth-order valence-electron chi connectivity index (χ4n) is 4.89. The number of fused-ring (bicyclic) bond motifs is 1. The van der Waals surface area contributed by atoms with E-state index in [0.717, 1.165) is 18.4 Å². The Morgan fingerprint density at radius 3 is 2.63 bits per heavy atom. The van der Waals surface area contributed by atoms with Gasteiger partial charge in [-0.2, -0.15) is 5.10 Å². The van der Waals surface area contributed by atoms with Gasteiger partial charge < -0.3 is 27.2 Å². The average Bonchev–Trinajstić information content (AvgIpc) is 3.65. The lowest BCUT2D eigenvalue weighted by Gasteiger charge is -2.26. The molecule has 5 rings (SSSR count). The van der Waals surface area contributed by atoms with Crippen LogP contribution in [-0.2, 0) is 9.59 Å². The van der Waals surface area contributed by atoms with Crippen LogP contribution in [0, 0.1) is 0 Å². The van der Waals surface area contributed by atoms with E-state index < -0.39 is 35.9 Å². The highest BCUT2D eigenvalue weighted by molar-refractivity contribution is 6.07. The third-order valence-corrected chi connectivity index (χ3v) is 6.91. The quantitative estimate of drug-likeness (QED) is 0.286. The van der Waals surface area contributed by atoms with E-state index in [4.69, 9.17) is 11.5 Å². The number of nitrogens with one attached hydrogen (secondary N) is 2. The first kappa shape index (κ1) is 25.2. The Bertz CT molecular complexity index is 1450. The van der Waals surface area contributed by atoms with Crippen LogP contribution in [0.1, 0.15) is 58.6 Å². The van der Waals surface area contributed by atoms with E-state index in [2.05, 4.69) is 20.7 Å². The van der Waals surface area contributed by atoms with Crippen LogP contribution in [0.5, 0.6) is 0 Å². The number of aliphatic imine (C=N–C) groups is 1. The van der Waals surface area contributed by atoms with Gasteiger partial charge in [-0.15, -0.1) is 0 Å². The Morgan fingerprint density at radius 2 is 2.00 bits per heavy atom. The highest BCUT2D eigenvalue weighted by Crippen LogP contribution is 2.42. The zero-order chi connectivity index (χ0) is 27.0. The van der Waals surface area contributed by atoms with Crippen LogP contribution in [0.25, 0.3) is 10.9 Å². The van der Waals surface area contributed by atoms with E-state index >= 15 is 0 Å². The number of carboxylic acid groups (broad SMARTS) is 1. The van der Waals surface area contributed by atoms with Crippen LogP contribution in [0.2, 0.25) is 0 Å². The lowest BCUT2D eigenvalue weighted by molar-refractivity contribution is -0.138. The molecule has 198 valence electrons. The van der Waals surface area contributed by atoms with Crippen LogP contribution in [0.3, 0.4) is 0 Å². The zero-order valence-corrected chi connectivity index (χ0v) is 20.4. The van der Waals surface area contributed by atoms with Gasteiger partial charge in [-0.25, -0.2) is 9.38 Å². The smallest absolute Gasteiger partial charge is 0.304 e. The van der Waals surface area contributed by atoms with Crippen LogP contribution >= 0.6 is 0 Å². The maximum atomic E-state index is 13.5. The number of hydrogen-bond donors (Lipinski definition) is 5. The molecule has 2 heterocycles. The number of aromatic nitrogens is 2. The topological polar surface area (TPSA) is 178 Å². The number of nitrogens with zero attached hydrogens (tertiary/aromatic N) is 3. The standard InChI is InChI=1S/C26H28FN7O4/c27-17-10-30-26(31-11-17)33-20-7-16(24(28)37)8-21-19(20)12-32-34(21)23(25(29)38)18(9-22(35)36)15-3-1-2-14(6-15)13-4-5-13/h1-3,6-8,12-13,17-18,23H,4-5,9-11H2,(H2,28,37)(H2,29,38)(H,35,36)(H2,30,31,33)/t18-,23?/m0/s1. The highest BCUT2D eigenvalue weighted by atomic mass is 19.1. The number of primary amides is 2. The molecule has 3 atom stereocenters. The summed E-state index contributed by atoms with van der Waals surface area (Å²) in [6, 6.07) is 9.38. The number of rotatable bonds is 9. The van der Waals surface area contributed by atoms with Crippen molar-refractivity contribution in [3.8, 4) is 0 Å². The molecule has 2 amide bonds. The van der Waals surface area contributed by atoms with Crippen molar-refractivity contribution in [2.75, 3.05) is 18.4 Å². The molecule has 2 unspecified atom stereocenters. The average molecular weight is 522 g/mol. The number of halogens is 1. The number of guanidine groups is 1. The fourth-order valence-corrected chi connectivity index (χ4v) is 4.89. The van der Waals surface area contributed by atoms with Gasteiger partial charge in [0, 0.05) is 16.9 Å². The number of carbonyl (C=O) groups is 3. The lowest BCUT2D eigenvalue weighted by atomic mass is 9.86. The van der Waals surface area contributed by atoms with E-state index in [1.54, 1.807) is 6.07 Å². The van der Waals surface area contributed by atoms with E-state index in [1.807, 2.05) is 18.2 Å². The number of carboxylic acids is 1. The first-order chi connectivity index (χ1) is 18.2. The molecule has 1 aliphatic heterocycles. The summed E-state index contributed by atoms with van der Waals surface area (Å²) in [4.78, 5) is 41.1. The molecule has 38 heavy (non-hydrogen) atoms. The maximum Gasteiger partial charge on any atom is 0.304 e. The molecule has 1 aromatic heterocycles. The second-order valence-corrected chi connectivity index (χ2v) is 9.70. The molecule has 3 aromatic rings. The van der Waals surface area contributed by atoms with Crippen LogP contribution in [0.4, 0.5) is 10.1 Å². The Kier molecular flexibility index (Phi) is 6.70. The Labute approximate surface area is 217 Å². The van der Waals surface area contributed by atoms with Crippen molar-refractivity contribution in [2.24, 2.45) is 16.5 Å². The Morgan fingerprint density at radius 1 is 1.21 bits per heavy atom. The van der Waals surface area contributed by atoms with Crippen molar-refractivity contribution in [2.45, 2.75) is 43.3 Å². The third kappa shape index (κ3) is 5.15. The molecular formula is C26H28FN7O4. The van der Waals surface area contributed by atoms with Gasteiger partial charge in [-0.05, 0) is 42.0 Å². The Hall–Kier alpha value is -4.48. The highest BCUT2D eigenvalue weighted by Gasteiger charge is 2.35. The molecule has 0 spiro atoms. The van der Waals surface area contributed by atoms with Crippen molar-refractivity contribution < 1.29 is 23.9 Å². The van der Waals surface area contributed by atoms with Gasteiger partial charge in [-0.1, -0.05) is 24.3 Å². The van der Waals surface area contributed by atoms with E-state index in [1.165, 1.54) is 23.0 Å². The summed E-state index contributed by atoms with van der Waals surface area (Å²) >= 11 is 0. The van der Waals surface area contributed by atoms with Crippen molar-refractivity contribution in [3.05, 3.63) is 59.3 Å². The number of carbonyl (C=O) groups excluding carboxylic acids is 2. The molecule has 11 nitrogen and oxygen atoms in total. The lowest BCUT2D eigenvalue weighted by Crippen LogP contribution is -2.41. The molecule has 0 saturated heterocycles. The number of aliphatic carboxylic acids is 1. The molecular weight excluding hydrogens is 493 g/mol. The number of benzene rings is 2. The van der Waals surface area contributed by atoms with Crippen LogP contribution < -0.4 is 22.1 Å². The van der Waals surface area contributed by atoms with Gasteiger partial charge in [0.15, 0.2) is 5.96 Å². The molecule has 2 aromatic carbocycles. The number of hydrogen-bond acceptors (Lipinski definition) is 7. The molecule has 1 aliphatic carbocycles.